The number of para-hydroxylation sites is 1. The van der Waals surface area contributed by atoms with Crippen molar-refractivity contribution in [3.8, 4) is 78.6 Å². The van der Waals surface area contributed by atoms with Crippen LogP contribution in [0.5, 0.6) is 5.75 Å². The Kier molecular flexibility index (Phi) is 11.8. The van der Waals surface area contributed by atoms with Crippen LogP contribution in [0.1, 0.15) is 79.0 Å². The van der Waals surface area contributed by atoms with Crippen molar-refractivity contribution in [1.29, 1.82) is 0 Å². The Morgan fingerprint density at radius 2 is 1.04 bits per heavy atom. The third-order valence-electron chi connectivity index (χ3n) is 13.4. The molecule has 342 valence electrons. The molecule has 0 saturated heterocycles. The number of hydrogen-bond acceptors (Lipinski definition) is 3. The summed E-state index contributed by atoms with van der Waals surface area (Å²) in [6, 6.07) is 59.2. The van der Waals surface area contributed by atoms with Gasteiger partial charge in [-0.2, -0.15) is 0 Å². The quantitative estimate of drug-likeness (QED) is 0.155. The van der Waals surface area contributed by atoms with Gasteiger partial charge in [-0.3, -0.25) is 9.55 Å². The Balaban J connectivity index is 1.39. The van der Waals surface area contributed by atoms with E-state index < -0.39 is 8.07 Å². The van der Waals surface area contributed by atoms with E-state index in [1.165, 1.54) is 16.3 Å². The number of pyridine rings is 1. The van der Waals surface area contributed by atoms with Crippen LogP contribution in [0.25, 0.3) is 83.9 Å². The van der Waals surface area contributed by atoms with Crippen molar-refractivity contribution in [3.63, 3.8) is 0 Å². The molecule has 9 rings (SSSR count). The number of imidazole rings is 1. The predicted molar refractivity (Wildman–Crippen MR) is 292 cm³/mol. The zero-order valence-electron chi connectivity index (χ0n) is 42.0. The molecule has 7 aromatic carbocycles. The molecule has 0 amide bonds. The Morgan fingerprint density at radius 1 is 0.456 bits per heavy atom. The van der Waals surface area contributed by atoms with E-state index in [0.717, 1.165) is 78.0 Å². The van der Waals surface area contributed by atoms with Crippen molar-refractivity contribution < 1.29 is 5.11 Å². The molecule has 2 aromatic heterocycles. The van der Waals surface area contributed by atoms with Crippen LogP contribution in [-0.4, -0.2) is 27.7 Å². The Bertz CT molecular complexity index is 3320. The number of nitrogens with zero attached hydrogens (tertiary/aromatic N) is 3. The van der Waals surface area contributed by atoms with Crippen molar-refractivity contribution in [2.45, 2.75) is 98.2 Å². The average molecular weight is 908 g/mol. The maximum atomic E-state index is 12.7. The molecule has 0 unspecified atom stereocenters. The highest BCUT2D eigenvalue weighted by molar-refractivity contribution is 6.89. The van der Waals surface area contributed by atoms with Gasteiger partial charge in [0.25, 0.3) is 0 Å². The SMILES string of the molecule is CC(C)(C)c1ccc(-n2c(-c3cc(C(C)(C)C)cc(C(C)(C)C)c3O)nc3c(-c4cc(-c5cc(-c6ccccc6)ccn5)cc(-c5ccccc5[Si](C)(C)C)c4)cccc32)c(-c2ccccc2)c1. The van der Waals surface area contributed by atoms with Gasteiger partial charge in [-0.15, -0.1) is 0 Å². The molecule has 0 aliphatic heterocycles. The van der Waals surface area contributed by atoms with Gasteiger partial charge >= 0.3 is 0 Å². The van der Waals surface area contributed by atoms with E-state index in [1.54, 1.807) is 0 Å². The summed E-state index contributed by atoms with van der Waals surface area (Å²) in [5, 5.41) is 14.1. The smallest absolute Gasteiger partial charge is 0.149 e. The van der Waals surface area contributed by atoms with E-state index in [2.05, 4.69) is 250 Å². The van der Waals surface area contributed by atoms with Crippen molar-refractivity contribution in [3.05, 3.63) is 187 Å². The molecule has 4 nitrogen and oxygen atoms in total. The number of aromatic hydroxyl groups is 1. The first-order chi connectivity index (χ1) is 32.2. The summed E-state index contributed by atoms with van der Waals surface area (Å²) in [4.78, 5) is 10.8. The highest BCUT2D eigenvalue weighted by Crippen LogP contribution is 2.46. The van der Waals surface area contributed by atoms with Crippen LogP contribution in [-0.2, 0) is 16.2 Å². The summed E-state index contributed by atoms with van der Waals surface area (Å²) < 4.78 is 2.30. The van der Waals surface area contributed by atoms with Gasteiger partial charge in [-0.1, -0.05) is 196 Å². The van der Waals surface area contributed by atoms with Crippen LogP contribution in [0.2, 0.25) is 19.6 Å². The first-order valence-electron chi connectivity index (χ1n) is 24.0. The molecule has 0 fully saturated rings. The minimum Gasteiger partial charge on any atom is -0.507 e. The van der Waals surface area contributed by atoms with Gasteiger partial charge in [0, 0.05) is 28.5 Å². The topological polar surface area (TPSA) is 50.9 Å². The number of benzene rings is 7. The second kappa shape index (κ2) is 17.4. The summed E-state index contributed by atoms with van der Waals surface area (Å²) in [6.45, 7) is 27.3. The third kappa shape index (κ3) is 9.00. The molecule has 0 spiro atoms. The first kappa shape index (κ1) is 46.3. The molecule has 0 atom stereocenters. The largest absolute Gasteiger partial charge is 0.507 e. The van der Waals surface area contributed by atoms with Gasteiger partial charge in [-0.25, -0.2) is 4.98 Å². The van der Waals surface area contributed by atoms with Crippen molar-refractivity contribution in [1.82, 2.24) is 14.5 Å². The van der Waals surface area contributed by atoms with Crippen LogP contribution in [0.4, 0.5) is 0 Å². The second-order valence-electron chi connectivity index (χ2n) is 22.6. The second-order valence-corrected chi connectivity index (χ2v) is 27.6. The van der Waals surface area contributed by atoms with E-state index in [-0.39, 0.29) is 22.0 Å². The molecule has 68 heavy (non-hydrogen) atoms. The fourth-order valence-corrected chi connectivity index (χ4v) is 11.1. The summed E-state index contributed by atoms with van der Waals surface area (Å²) in [5.74, 6) is 0.952. The monoisotopic (exact) mass is 907 g/mol. The van der Waals surface area contributed by atoms with E-state index in [4.69, 9.17) is 9.97 Å². The summed E-state index contributed by atoms with van der Waals surface area (Å²) >= 11 is 0. The summed E-state index contributed by atoms with van der Waals surface area (Å²) in [5.41, 5.74) is 17.1. The minimum absolute atomic E-state index is 0.0811. The average Bonchev–Trinajstić information content (AvgIpc) is 3.70. The minimum atomic E-state index is -1.78. The lowest BCUT2D eigenvalue weighted by Crippen LogP contribution is -2.38. The molecule has 1 N–H and O–H groups in total. The number of aromatic nitrogens is 3. The predicted octanol–water partition coefficient (Wildman–Crippen LogP) is 16.6. The van der Waals surface area contributed by atoms with Crippen LogP contribution >= 0.6 is 0 Å². The van der Waals surface area contributed by atoms with Crippen molar-refractivity contribution in [2.75, 3.05) is 0 Å². The van der Waals surface area contributed by atoms with Gasteiger partial charge in [0.05, 0.1) is 36.1 Å². The summed E-state index contributed by atoms with van der Waals surface area (Å²) in [7, 11) is -1.78. The number of phenols is 1. The molecule has 5 heteroatoms. The lowest BCUT2D eigenvalue weighted by molar-refractivity contribution is 0.446. The zero-order valence-corrected chi connectivity index (χ0v) is 43.0. The highest BCUT2D eigenvalue weighted by Gasteiger charge is 2.30. The van der Waals surface area contributed by atoms with Gasteiger partial charge in [-0.05, 0) is 115 Å². The van der Waals surface area contributed by atoms with Crippen LogP contribution < -0.4 is 5.19 Å². The Labute approximate surface area is 405 Å². The molecular formula is C63H65N3OSi. The molecule has 2 heterocycles. The standard InChI is InChI=1S/C63H65N3OSi/c1-61(2,3)47-30-31-55(51(38-47)42-24-17-14-18-25-42)66-56-28-21-27-50(58(56)65-60(66)52-39-48(62(4,5)6)40-53(59(52)67)63(7,8)9)45-34-44(49-26-19-20-29-57(49)68(10,11)12)35-46(36-45)54-37-43(32-33-64-54)41-22-15-13-16-23-41/h13-40,67H,1-12H3. The highest BCUT2D eigenvalue weighted by atomic mass is 28.3. The maximum absolute atomic E-state index is 12.7. The zero-order chi connectivity index (χ0) is 48.3. The number of phenolic OH excluding ortho intramolecular Hbond substituents is 1. The molecule has 0 bridgehead atoms. The first-order valence-corrected chi connectivity index (χ1v) is 27.5. The van der Waals surface area contributed by atoms with Crippen LogP contribution in [0.3, 0.4) is 0 Å². The fourth-order valence-electron chi connectivity index (χ4n) is 9.49. The van der Waals surface area contributed by atoms with Crippen molar-refractivity contribution >= 4 is 24.3 Å². The molecule has 0 saturated carbocycles. The molecule has 0 aliphatic rings. The summed E-state index contributed by atoms with van der Waals surface area (Å²) in [6.07, 6.45) is 1.92. The van der Waals surface area contributed by atoms with Gasteiger partial charge < -0.3 is 5.11 Å². The van der Waals surface area contributed by atoms with Gasteiger partial charge in [0.1, 0.15) is 11.6 Å². The molecular weight excluding hydrogens is 843 g/mol. The Morgan fingerprint density at radius 3 is 1.69 bits per heavy atom. The van der Waals surface area contributed by atoms with Gasteiger partial charge in [0.15, 0.2) is 0 Å². The fraction of sp³-hybridized carbons (Fsp3) is 0.238. The maximum Gasteiger partial charge on any atom is 0.149 e. The van der Waals surface area contributed by atoms with E-state index in [1.807, 2.05) is 6.20 Å². The van der Waals surface area contributed by atoms with Crippen LogP contribution in [0, 0.1) is 0 Å². The normalized spacial score (nSPS) is 12.5. The molecule has 0 aliphatic carbocycles. The number of hydrogen-bond donors (Lipinski definition) is 1. The number of rotatable bonds is 8. The van der Waals surface area contributed by atoms with Crippen molar-refractivity contribution in [2.24, 2.45) is 0 Å². The Hall–Kier alpha value is -6.82. The molecule has 9 aromatic rings. The third-order valence-corrected chi connectivity index (χ3v) is 15.4. The van der Waals surface area contributed by atoms with E-state index in [0.29, 0.717) is 11.4 Å². The lowest BCUT2D eigenvalue weighted by atomic mass is 9.79. The lowest BCUT2D eigenvalue weighted by Gasteiger charge is -2.28. The van der Waals surface area contributed by atoms with Gasteiger partial charge in [0.2, 0.25) is 0 Å². The number of fused-ring (bicyclic) bond motifs is 1. The van der Waals surface area contributed by atoms with E-state index >= 15 is 0 Å². The van der Waals surface area contributed by atoms with E-state index in [9.17, 15) is 5.11 Å². The van der Waals surface area contributed by atoms with Crippen LogP contribution in [0.15, 0.2) is 170 Å². The molecule has 0 radical (unpaired) electrons.